The minimum Gasteiger partial charge on any atom is -0.399 e. The molecule has 0 atom stereocenters. The summed E-state index contributed by atoms with van der Waals surface area (Å²) >= 11 is 0. The second kappa shape index (κ2) is 6.99. The number of carbonyl (C=O) groups is 2. The fraction of sp³-hybridized carbons (Fsp3) is 0.385. The van der Waals surface area contributed by atoms with Crippen molar-refractivity contribution in [3.8, 4) is 0 Å². The van der Waals surface area contributed by atoms with Gasteiger partial charge in [-0.25, -0.2) is 0 Å². The maximum Gasteiger partial charge on any atom is 0.239 e. The van der Waals surface area contributed by atoms with E-state index in [1.165, 1.54) is 0 Å². The van der Waals surface area contributed by atoms with Crippen LogP contribution in [0.25, 0.3) is 0 Å². The summed E-state index contributed by atoms with van der Waals surface area (Å²) in [6, 6.07) is 7.44. The monoisotopic (exact) mass is 283 g/mol. The van der Waals surface area contributed by atoms with Gasteiger partial charge in [-0.05, 0) is 30.5 Å². The van der Waals surface area contributed by atoms with Crippen molar-refractivity contribution in [1.82, 2.24) is 10.6 Å². The first-order chi connectivity index (χ1) is 8.63. The molecule has 2 amide bonds. The van der Waals surface area contributed by atoms with E-state index in [0.29, 0.717) is 11.7 Å². The van der Waals surface area contributed by atoms with Gasteiger partial charge in [-0.1, -0.05) is 12.1 Å². The molecule has 0 unspecified atom stereocenters. The number of hydrogen-bond acceptors (Lipinski definition) is 3. The molecule has 0 aromatic heterocycles. The van der Waals surface area contributed by atoms with E-state index >= 15 is 0 Å². The molecule has 19 heavy (non-hydrogen) atoms. The van der Waals surface area contributed by atoms with Gasteiger partial charge in [-0.15, -0.1) is 12.4 Å². The van der Waals surface area contributed by atoms with Crippen LogP contribution in [0.15, 0.2) is 24.3 Å². The van der Waals surface area contributed by atoms with Crippen LogP contribution in [0.5, 0.6) is 0 Å². The van der Waals surface area contributed by atoms with Crippen LogP contribution in [0.4, 0.5) is 5.69 Å². The summed E-state index contributed by atoms with van der Waals surface area (Å²) in [6.07, 6.45) is 2.35. The van der Waals surface area contributed by atoms with Crippen molar-refractivity contribution in [2.24, 2.45) is 0 Å². The van der Waals surface area contributed by atoms with Gasteiger partial charge in [0.25, 0.3) is 0 Å². The fourth-order valence-corrected chi connectivity index (χ4v) is 1.57. The highest BCUT2D eigenvalue weighted by Crippen LogP contribution is 2.18. The predicted octanol–water partition coefficient (Wildman–Crippen LogP) is 0.628. The Kier molecular flexibility index (Phi) is 5.63. The molecule has 1 aliphatic rings. The zero-order chi connectivity index (χ0) is 13.0. The standard InChI is InChI=1S/C13H17N3O2.ClH/c14-10-3-1-9(2-4-10)7-12(17)15-8-13(18)16-11-5-6-11;/h1-4,11H,5-8,14H2,(H,15,17)(H,16,18);1H. The molecule has 0 radical (unpaired) electrons. The third-order valence-electron chi connectivity index (χ3n) is 2.73. The molecule has 0 spiro atoms. The average molecular weight is 284 g/mol. The summed E-state index contributed by atoms with van der Waals surface area (Å²) in [4.78, 5) is 22.9. The molecule has 1 aromatic rings. The van der Waals surface area contributed by atoms with Crippen molar-refractivity contribution in [2.45, 2.75) is 25.3 Å². The molecular weight excluding hydrogens is 266 g/mol. The lowest BCUT2D eigenvalue weighted by molar-refractivity contribution is -0.125. The fourth-order valence-electron chi connectivity index (χ4n) is 1.57. The third kappa shape index (κ3) is 5.61. The van der Waals surface area contributed by atoms with Gasteiger partial charge < -0.3 is 16.4 Å². The molecule has 0 heterocycles. The Bertz CT molecular complexity index is 444. The van der Waals surface area contributed by atoms with Crippen LogP contribution >= 0.6 is 12.4 Å². The molecular formula is C13H18ClN3O2. The van der Waals surface area contributed by atoms with Gasteiger partial charge in [0.15, 0.2) is 0 Å². The Morgan fingerprint density at radius 3 is 2.37 bits per heavy atom. The first-order valence-electron chi connectivity index (χ1n) is 6.04. The number of amides is 2. The SMILES string of the molecule is Cl.Nc1ccc(CC(=O)NCC(=O)NC2CC2)cc1. The van der Waals surface area contributed by atoms with E-state index in [1.54, 1.807) is 24.3 Å². The van der Waals surface area contributed by atoms with Crippen LogP contribution in [0.1, 0.15) is 18.4 Å². The maximum atomic E-state index is 11.6. The van der Waals surface area contributed by atoms with Gasteiger partial charge in [0.2, 0.25) is 11.8 Å². The van der Waals surface area contributed by atoms with E-state index in [4.69, 9.17) is 5.73 Å². The largest absolute Gasteiger partial charge is 0.399 e. The summed E-state index contributed by atoms with van der Waals surface area (Å²) < 4.78 is 0. The van der Waals surface area contributed by atoms with Gasteiger partial charge in [-0.2, -0.15) is 0 Å². The van der Waals surface area contributed by atoms with E-state index in [9.17, 15) is 9.59 Å². The Morgan fingerprint density at radius 2 is 1.79 bits per heavy atom. The minimum atomic E-state index is -0.161. The quantitative estimate of drug-likeness (QED) is 0.693. The number of nitrogen functional groups attached to an aromatic ring is 1. The molecule has 2 rings (SSSR count). The van der Waals surface area contributed by atoms with E-state index in [-0.39, 0.29) is 37.2 Å². The normalized spacial score (nSPS) is 13.3. The van der Waals surface area contributed by atoms with Crippen LogP contribution in [-0.4, -0.2) is 24.4 Å². The molecule has 4 N–H and O–H groups in total. The maximum absolute atomic E-state index is 11.6. The number of nitrogens with two attached hydrogens (primary N) is 1. The van der Waals surface area contributed by atoms with Crippen molar-refractivity contribution in [1.29, 1.82) is 0 Å². The minimum absolute atomic E-state index is 0. The number of hydrogen-bond donors (Lipinski definition) is 3. The van der Waals surface area contributed by atoms with E-state index in [2.05, 4.69) is 10.6 Å². The smallest absolute Gasteiger partial charge is 0.239 e. The first-order valence-corrected chi connectivity index (χ1v) is 6.04. The van der Waals surface area contributed by atoms with Gasteiger partial charge in [-0.3, -0.25) is 9.59 Å². The highest BCUT2D eigenvalue weighted by atomic mass is 35.5. The third-order valence-corrected chi connectivity index (χ3v) is 2.73. The molecule has 1 aromatic carbocycles. The van der Waals surface area contributed by atoms with Crippen LogP contribution in [0, 0.1) is 0 Å². The van der Waals surface area contributed by atoms with Gasteiger partial charge in [0, 0.05) is 11.7 Å². The first kappa shape index (κ1) is 15.3. The van der Waals surface area contributed by atoms with Crippen molar-refractivity contribution < 1.29 is 9.59 Å². The molecule has 5 nitrogen and oxygen atoms in total. The highest BCUT2D eigenvalue weighted by molar-refractivity contribution is 5.86. The lowest BCUT2D eigenvalue weighted by atomic mass is 10.1. The average Bonchev–Trinajstić information content (AvgIpc) is 3.13. The second-order valence-electron chi connectivity index (χ2n) is 4.54. The molecule has 0 aliphatic heterocycles. The Labute approximate surface area is 118 Å². The van der Waals surface area contributed by atoms with Gasteiger partial charge in [0.05, 0.1) is 13.0 Å². The van der Waals surface area contributed by atoms with Gasteiger partial charge in [0.1, 0.15) is 0 Å². The van der Waals surface area contributed by atoms with Crippen LogP contribution in [0.3, 0.4) is 0 Å². The number of benzene rings is 1. The van der Waals surface area contributed by atoms with E-state index < -0.39 is 0 Å². The molecule has 1 fully saturated rings. The van der Waals surface area contributed by atoms with E-state index in [0.717, 1.165) is 18.4 Å². The molecule has 6 heteroatoms. The van der Waals surface area contributed by atoms with Crippen LogP contribution < -0.4 is 16.4 Å². The van der Waals surface area contributed by atoms with Crippen molar-refractivity contribution in [2.75, 3.05) is 12.3 Å². The molecule has 1 aliphatic carbocycles. The summed E-state index contributed by atoms with van der Waals surface area (Å²) in [5.74, 6) is -0.283. The van der Waals surface area contributed by atoms with Gasteiger partial charge >= 0.3 is 0 Å². The Hall–Kier alpha value is -1.75. The van der Waals surface area contributed by atoms with Crippen LogP contribution in [0.2, 0.25) is 0 Å². The molecule has 1 saturated carbocycles. The predicted molar refractivity (Wildman–Crippen MR) is 76.0 cm³/mol. The number of rotatable bonds is 5. The topological polar surface area (TPSA) is 84.2 Å². The van der Waals surface area contributed by atoms with E-state index in [1.807, 2.05) is 0 Å². The Balaban J connectivity index is 0.00000180. The highest BCUT2D eigenvalue weighted by Gasteiger charge is 2.23. The molecule has 0 bridgehead atoms. The zero-order valence-electron chi connectivity index (χ0n) is 10.5. The zero-order valence-corrected chi connectivity index (χ0v) is 11.3. The lowest BCUT2D eigenvalue weighted by Crippen LogP contribution is -2.38. The lowest BCUT2D eigenvalue weighted by Gasteiger charge is -2.06. The van der Waals surface area contributed by atoms with Crippen molar-refractivity contribution in [3.63, 3.8) is 0 Å². The van der Waals surface area contributed by atoms with Crippen molar-refractivity contribution >= 4 is 29.9 Å². The number of nitrogens with one attached hydrogen (secondary N) is 2. The summed E-state index contributed by atoms with van der Waals surface area (Å²) in [7, 11) is 0. The van der Waals surface area contributed by atoms with Crippen molar-refractivity contribution in [3.05, 3.63) is 29.8 Å². The summed E-state index contributed by atoms with van der Waals surface area (Å²) in [5, 5.41) is 5.41. The second-order valence-corrected chi connectivity index (χ2v) is 4.54. The number of carbonyl (C=O) groups excluding carboxylic acids is 2. The summed E-state index contributed by atoms with van der Waals surface area (Å²) in [6.45, 7) is 0.0459. The number of halogens is 1. The number of anilines is 1. The van der Waals surface area contributed by atoms with Crippen LogP contribution in [-0.2, 0) is 16.0 Å². The molecule has 0 saturated heterocycles. The summed E-state index contributed by atoms with van der Waals surface area (Å²) in [5.41, 5.74) is 7.10. The Morgan fingerprint density at radius 1 is 1.16 bits per heavy atom. The molecule has 104 valence electrons.